The molecule has 0 spiro atoms. The van der Waals surface area contributed by atoms with Crippen LogP contribution >= 0.6 is 0 Å². The first-order valence-corrected chi connectivity index (χ1v) is 10.6. The van der Waals surface area contributed by atoms with E-state index in [0.717, 1.165) is 12.0 Å². The Morgan fingerprint density at radius 3 is 2.59 bits per heavy atom. The molecule has 0 aliphatic carbocycles. The number of amides is 1. The van der Waals surface area contributed by atoms with Gasteiger partial charge >= 0.3 is 0 Å². The zero-order chi connectivity index (χ0) is 22.5. The van der Waals surface area contributed by atoms with Gasteiger partial charge in [-0.15, -0.1) is 0 Å². The van der Waals surface area contributed by atoms with Gasteiger partial charge in [-0.2, -0.15) is 0 Å². The molecule has 1 amide bonds. The van der Waals surface area contributed by atoms with Crippen molar-refractivity contribution in [2.45, 2.75) is 25.9 Å². The second kappa shape index (κ2) is 9.47. The van der Waals surface area contributed by atoms with E-state index in [4.69, 9.17) is 4.74 Å². The van der Waals surface area contributed by atoms with Crippen LogP contribution in [0.4, 0.5) is 0 Å². The van der Waals surface area contributed by atoms with E-state index in [-0.39, 0.29) is 17.9 Å². The van der Waals surface area contributed by atoms with Crippen molar-refractivity contribution in [1.29, 1.82) is 0 Å². The molecule has 6 heteroatoms. The third kappa shape index (κ3) is 4.25. The molecule has 1 N–H and O–H groups in total. The summed E-state index contributed by atoms with van der Waals surface area (Å²) >= 11 is 0. The molecule has 4 rings (SSSR count). The van der Waals surface area contributed by atoms with Gasteiger partial charge in [0.25, 0.3) is 11.7 Å². The van der Waals surface area contributed by atoms with E-state index in [1.54, 1.807) is 42.7 Å². The quantitative estimate of drug-likeness (QED) is 0.341. The number of aliphatic hydroxyl groups is 1. The van der Waals surface area contributed by atoms with Gasteiger partial charge in [-0.05, 0) is 35.7 Å². The molecule has 32 heavy (non-hydrogen) atoms. The number of benzene rings is 2. The normalized spacial score (nSPS) is 17.5. The Morgan fingerprint density at radius 2 is 1.88 bits per heavy atom. The Labute approximate surface area is 186 Å². The highest BCUT2D eigenvalue weighted by molar-refractivity contribution is 6.46. The lowest BCUT2D eigenvalue weighted by atomic mass is 9.95. The lowest BCUT2D eigenvalue weighted by Crippen LogP contribution is -2.29. The summed E-state index contributed by atoms with van der Waals surface area (Å²) in [5, 5.41) is 11.1. The van der Waals surface area contributed by atoms with Crippen LogP contribution < -0.4 is 4.74 Å². The van der Waals surface area contributed by atoms with Crippen LogP contribution in [0.15, 0.2) is 84.7 Å². The predicted octanol–water partition coefficient (Wildman–Crippen LogP) is 4.49. The van der Waals surface area contributed by atoms with Crippen LogP contribution in [-0.2, 0) is 16.1 Å². The average molecular weight is 428 g/mol. The molecule has 1 aliphatic heterocycles. The van der Waals surface area contributed by atoms with Crippen molar-refractivity contribution in [3.8, 4) is 5.75 Å². The monoisotopic (exact) mass is 428 g/mol. The van der Waals surface area contributed by atoms with Gasteiger partial charge in [0.15, 0.2) is 0 Å². The Balaban J connectivity index is 1.83. The molecule has 0 bridgehead atoms. The number of likely N-dealkylation sites (tertiary alicyclic amines) is 1. The average Bonchev–Trinajstić information content (AvgIpc) is 3.08. The first-order valence-electron chi connectivity index (χ1n) is 10.6. The van der Waals surface area contributed by atoms with Crippen LogP contribution in [0.25, 0.3) is 5.76 Å². The van der Waals surface area contributed by atoms with Gasteiger partial charge in [0, 0.05) is 24.5 Å². The number of aromatic nitrogens is 1. The number of ether oxygens (including phenoxy) is 1. The highest BCUT2D eigenvalue weighted by Gasteiger charge is 2.46. The fraction of sp³-hybridized carbons (Fsp3) is 0.192. The largest absolute Gasteiger partial charge is 0.507 e. The second-order valence-corrected chi connectivity index (χ2v) is 7.58. The van der Waals surface area contributed by atoms with E-state index in [0.29, 0.717) is 23.5 Å². The van der Waals surface area contributed by atoms with Crippen molar-refractivity contribution < 1.29 is 19.4 Å². The highest BCUT2D eigenvalue weighted by Crippen LogP contribution is 2.41. The molecule has 0 unspecified atom stereocenters. The molecule has 0 radical (unpaired) electrons. The number of hydrogen-bond acceptors (Lipinski definition) is 5. The molecule has 3 aromatic rings. The molecule has 1 aliphatic rings. The predicted molar refractivity (Wildman–Crippen MR) is 121 cm³/mol. The van der Waals surface area contributed by atoms with Crippen molar-refractivity contribution in [3.05, 3.63) is 101 Å². The van der Waals surface area contributed by atoms with Gasteiger partial charge in [-0.1, -0.05) is 55.5 Å². The molecule has 2 aromatic carbocycles. The summed E-state index contributed by atoms with van der Waals surface area (Å²) in [7, 11) is 0. The minimum Gasteiger partial charge on any atom is -0.507 e. The van der Waals surface area contributed by atoms with Crippen LogP contribution in [0, 0.1) is 0 Å². The number of aliphatic hydroxyl groups excluding tert-OH is 1. The van der Waals surface area contributed by atoms with Gasteiger partial charge in [0.05, 0.1) is 18.2 Å². The van der Waals surface area contributed by atoms with E-state index in [1.165, 1.54) is 4.90 Å². The molecular weight excluding hydrogens is 404 g/mol. The number of pyridine rings is 1. The maximum absolute atomic E-state index is 13.1. The minimum atomic E-state index is -0.749. The van der Waals surface area contributed by atoms with E-state index in [9.17, 15) is 14.7 Å². The standard InChI is InChI=1S/C26H24N2O4/c1-2-14-32-21-12-6-11-20(15-21)23-22(24(29)19-9-4-3-5-10-19)25(30)26(31)28(23)17-18-8-7-13-27-16-18/h3-13,15-16,23,29H,2,14,17H2,1H3/t23-/m0/s1. The molecule has 162 valence electrons. The maximum atomic E-state index is 13.1. The van der Waals surface area contributed by atoms with Gasteiger partial charge < -0.3 is 14.7 Å². The number of Topliss-reactive ketones (excluding diaryl/α,β-unsaturated/α-hetero) is 1. The maximum Gasteiger partial charge on any atom is 0.295 e. The Morgan fingerprint density at radius 1 is 1.06 bits per heavy atom. The SMILES string of the molecule is CCCOc1cccc([C@H]2C(=C(O)c3ccccc3)C(=O)C(=O)N2Cc2cccnc2)c1. The number of nitrogens with zero attached hydrogens (tertiary/aromatic N) is 2. The Hall–Kier alpha value is -3.93. The van der Waals surface area contributed by atoms with E-state index in [1.807, 2.05) is 43.3 Å². The first-order chi connectivity index (χ1) is 15.6. The molecule has 6 nitrogen and oxygen atoms in total. The summed E-state index contributed by atoms with van der Waals surface area (Å²) in [5.41, 5.74) is 2.03. The first kappa shape index (κ1) is 21.3. The van der Waals surface area contributed by atoms with Crippen LogP contribution in [0.1, 0.15) is 36.1 Å². The number of hydrogen-bond donors (Lipinski definition) is 1. The summed E-state index contributed by atoms with van der Waals surface area (Å²) in [6.07, 6.45) is 4.17. The third-order valence-electron chi connectivity index (χ3n) is 5.31. The molecule has 0 saturated carbocycles. The highest BCUT2D eigenvalue weighted by atomic mass is 16.5. The van der Waals surface area contributed by atoms with Crippen LogP contribution in [0.2, 0.25) is 0 Å². The fourth-order valence-electron chi connectivity index (χ4n) is 3.82. The molecule has 1 fully saturated rings. The summed E-state index contributed by atoms with van der Waals surface area (Å²) < 4.78 is 5.77. The number of rotatable bonds is 7. The van der Waals surface area contributed by atoms with Crippen LogP contribution in [0.3, 0.4) is 0 Å². The summed E-state index contributed by atoms with van der Waals surface area (Å²) in [6, 6.07) is 19.0. The minimum absolute atomic E-state index is 0.0673. The third-order valence-corrected chi connectivity index (χ3v) is 5.31. The van der Waals surface area contributed by atoms with Crippen molar-refractivity contribution in [1.82, 2.24) is 9.88 Å². The second-order valence-electron chi connectivity index (χ2n) is 7.58. The fourth-order valence-corrected chi connectivity index (χ4v) is 3.82. The van der Waals surface area contributed by atoms with E-state index in [2.05, 4.69) is 4.98 Å². The summed E-state index contributed by atoms with van der Waals surface area (Å²) in [6.45, 7) is 2.77. The zero-order valence-electron chi connectivity index (χ0n) is 17.8. The van der Waals surface area contributed by atoms with Crippen molar-refractivity contribution in [2.75, 3.05) is 6.61 Å². The van der Waals surface area contributed by atoms with Crippen LogP contribution in [-0.4, -0.2) is 33.3 Å². The summed E-state index contributed by atoms with van der Waals surface area (Å²) in [5.74, 6) is -0.908. The Kier molecular flexibility index (Phi) is 6.31. The zero-order valence-corrected chi connectivity index (χ0v) is 17.8. The molecule has 1 aromatic heterocycles. The van der Waals surface area contributed by atoms with Crippen LogP contribution in [0.5, 0.6) is 5.75 Å². The molecule has 1 saturated heterocycles. The smallest absolute Gasteiger partial charge is 0.295 e. The summed E-state index contributed by atoms with van der Waals surface area (Å²) in [4.78, 5) is 31.8. The molecule has 1 atom stereocenters. The number of ketones is 1. The molecule has 2 heterocycles. The Bertz CT molecular complexity index is 1140. The van der Waals surface area contributed by atoms with Gasteiger partial charge in [-0.3, -0.25) is 14.6 Å². The lowest BCUT2D eigenvalue weighted by molar-refractivity contribution is -0.140. The van der Waals surface area contributed by atoms with Crippen molar-refractivity contribution >= 4 is 17.4 Å². The van der Waals surface area contributed by atoms with Gasteiger partial charge in [0.1, 0.15) is 11.5 Å². The van der Waals surface area contributed by atoms with E-state index < -0.39 is 17.7 Å². The number of carbonyl (C=O) groups excluding carboxylic acids is 2. The number of carbonyl (C=O) groups is 2. The van der Waals surface area contributed by atoms with Crippen molar-refractivity contribution in [2.24, 2.45) is 0 Å². The van der Waals surface area contributed by atoms with Gasteiger partial charge in [-0.25, -0.2) is 0 Å². The van der Waals surface area contributed by atoms with Gasteiger partial charge in [0.2, 0.25) is 0 Å². The van der Waals surface area contributed by atoms with E-state index >= 15 is 0 Å². The van der Waals surface area contributed by atoms with Crippen molar-refractivity contribution in [3.63, 3.8) is 0 Å². The topological polar surface area (TPSA) is 79.7 Å². The lowest BCUT2D eigenvalue weighted by Gasteiger charge is -2.25. The molecular formula is C26H24N2O4.